The number of rotatable bonds is 1. The Balaban J connectivity index is 2.23. The molecule has 0 atom stereocenters. The summed E-state index contributed by atoms with van der Waals surface area (Å²) in [5.74, 6) is 0. The standard InChI is InChI=1S/C13H8N4/c14-8-11-9-15-17-7-6-12(16-13(11)17)10-4-2-1-3-5-10/h1-7,9H. The van der Waals surface area contributed by atoms with E-state index >= 15 is 0 Å². The van der Waals surface area contributed by atoms with Gasteiger partial charge in [0.25, 0.3) is 0 Å². The molecule has 0 bridgehead atoms. The third-order valence-corrected chi connectivity index (χ3v) is 2.56. The zero-order valence-electron chi connectivity index (χ0n) is 8.91. The molecule has 0 saturated carbocycles. The molecule has 4 nitrogen and oxygen atoms in total. The van der Waals surface area contributed by atoms with Crippen LogP contribution in [-0.2, 0) is 0 Å². The van der Waals surface area contributed by atoms with Gasteiger partial charge in [0.15, 0.2) is 5.65 Å². The molecule has 3 rings (SSSR count). The maximum absolute atomic E-state index is 8.94. The van der Waals surface area contributed by atoms with Crippen LogP contribution in [-0.4, -0.2) is 14.6 Å². The van der Waals surface area contributed by atoms with E-state index in [2.05, 4.69) is 16.2 Å². The zero-order chi connectivity index (χ0) is 11.7. The van der Waals surface area contributed by atoms with E-state index in [-0.39, 0.29) is 0 Å². The van der Waals surface area contributed by atoms with Gasteiger partial charge in [0.2, 0.25) is 0 Å². The van der Waals surface area contributed by atoms with Crippen molar-refractivity contribution in [2.75, 3.05) is 0 Å². The quantitative estimate of drug-likeness (QED) is 0.632. The summed E-state index contributed by atoms with van der Waals surface area (Å²) < 4.78 is 1.60. The Morgan fingerprint density at radius 2 is 1.94 bits per heavy atom. The highest BCUT2D eigenvalue weighted by molar-refractivity contribution is 5.64. The average molecular weight is 220 g/mol. The third kappa shape index (κ3) is 1.54. The number of aromatic nitrogens is 3. The summed E-state index contributed by atoms with van der Waals surface area (Å²) in [7, 11) is 0. The van der Waals surface area contributed by atoms with Crippen LogP contribution in [0.4, 0.5) is 0 Å². The molecule has 0 amide bonds. The minimum atomic E-state index is 0.489. The predicted molar refractivity (Wildman–Crippen MR) is 63.1 cm³/mol. The molecule has 0 saturated heterocycles. The fourth-order valence-corrected chi connectivity index (χ4v) is 1.72. The second-order valence-corrected chi connectivity index (χ2v) is 3.62. The molecule has 2 heterocycles. The molecule has 0 unspecified atom stereocenters. The topological polar surface area (TPSA) is 54.0 Å². The maximum Gasteiger partial charge on any atom is 0.173 e. The summed E-state index contributed by atoms with van der Waals surface area (Å²) in [5, 5.41) is 13.0. The minimum Gasteiger partial charge on any atom is -0.227 e. The molecule has 4 heteroatoms. The minimum absolute atomic E-state index is 0.489. The highest BCUT2D eigenvalue weighted by Crippen LogP contribution is 2.17. The molecule has 0 spiro atoms. The second-order valence-electron chi connectivity index (χ2n) is 3.62. The molecule has 3 aromatic rings. The van der Waals surface area contributed by atoms with E-state index in [0.29, 0.717) is 11.2 Å². The van der Waals surface area contributed by atoms with Crippen molar-refractivity contribution >= 4 is 5.65 Å². The van der Waals surface area contributed by atoms with E-state index < -0.39 is 0 Å². The van der Waals surface area contributed by atoms with Gasteiger partial charge in [-0.05, 0) is 6.07 Å². The first-order chi connectivity index (χ1) is 8.38. The molecule has 0 aliphatic carbocycles. The fraction of sp³-hybridized carbons (Fsp3) is 0. The normalized spacial score (nSPS) is 10.3. The van der Waals surface area contributed by atoms with Gasteiger partial charge in [-0.1, -0.05) is 30.3 Å². The lowest BCUT2D eigenvalue weighted by Gasteiger charge is -2.00. The monoisotopic (exact) mass is 220 g/mol. The van der Waals surface area contributed by atoms with Crippen molar-refractivity contribution in [1.82, 2.24) is 14.6 Å². The van der Waals surface area contributed by atoms with E-state index in [1.54, 1.807) is 4.52 Å². The van der Waals surface area contributed by atoms with Crippen molar-refractivity contribution in [3.63, 3.8) is 0 Å². The van der Waals surface area contributed by atoms with Gasteiger partial charge in [-0.15, -0.1) is 0 Å². The first-order valence-electron chi connectivity index (χ1n) is 5.18. The second kappa shape index (κ2) is 3.72. The Labute approximate surface area is 97.8 Å². The smallest absolute Gasteiger partial charge is 0.173 e. The number of hydrogen-bond donors (Lipinski definition) is 0. The van der Waals surface area contributed by atoms with Crippen LogP contribution in [0.2, 0.25) is 0 Å². The van der Waals surface area contributed by atoms with Crippen LogP contribution in [0.5, 0.6) is 0 Å². The first-order valence-corrected chi connectivity index (χ1v) is 5.18. The number of benzene rings is 1. The average Bonchev–Trinajstić information content (AvgIpc) is 2.81. The van der Waals surface area contributed by atoms with Crippen molar-refractivity contribution in [1.29, 1.82) is 5.26 Å². The van der Waals surface area contributed by atoms with Crippen LogP contribution in [0.15, 0.2) is 48.8 Å². The van der Waals surface area contributed by atoms with Crippen LogP contribution in [0, 0.1) is 11.3 Å². The van der Waals surface area contributed by atoms with Crippen LogP contribution >= 0.6 is 0 Å². The number of fused-ring (bicyclic) bond motifs is 1. The molecule has 17 heavy (non-hydrogen) atoms. The lowest BCUT2D eigenvalue weighted by molar-refractivity contribution is 0.941. The van der Waals surface area contributed by atoms with Crippen molar-refractivity contribution in [2.24, 2.45) is 0 Å². The van der Waals surface area contributed by atoms with Gasteiger partial charge in [0.1, 0.15) is 11.6 Å². The summed E-state index contributed by atoms with van der Waals surface area (Å²) >= 11 is 0. The SMILES string of the molecule is N#Cc1cnn2ccc(-c3ccccc3)nc12. The highest BCUT2D eigenvalue weighted by atomic mass is 15.2. The van der Waals surface area contributed by atoms with Crippen LogP contribution < -0.4 is 0 Å². The molecule has 0 aliphatic rings. The lowest BCUT2D eigenvalue weighted by atomic mass is 10.1. The van der Waals surface area contributed by atoms with Crippen LogP contribution in [0.1, 0.15) is 5.56 Å². The Morgan fingerprint density at radius 1 is 1.12 bits per heavy atom. The third-order valence-electron chi connectivity index (χ3n) is 2.56. The van der Waals surface area contributed by atoms with Gasteiger partial charge < -0.3 is 0 Å². The highest BCUT2D eigenvalue weighted by Gasteiger charge is 2.06. The molecular weight excluding hydrogens is 212 g/mol. The van der Waals surface area contributed by atoms with Gasteiger partial charge in [-0.3, -0.25) is 0 Å². The molecule has 1 aromatic carbocycles. The summed E-state index contributed by atoms with van der Waals surface area (Å²) in [4.78, 5) is 4.45. The van der Waals surface area contributed by atoms with Crippen molar-refractivity contribution in [3.05, 3.63) is 54.4 Å². The van der Waals surface area contributed by atoms with Crippen molar-refractivity contribution in [2.45, 2.75) is 0 Å². The van der Waals surface area contributed by atoms with Crippen LogP contribution in [0.3, 0.4) is 0 Å². The molecule has 0 N–H and O–H groups in total. The van der Waals surface area contributed by atoms with Crippen molar-refractivity contribution < 1.29 is 0 Å². The van der Waals surface area contributed by atoms with E-state index in [0.717, 1.165) is 11.3 Å². The summed E-state index contributed by atoms with van der Waals surface area (Å²) in [6.07, 6.45) is 3.34. The Bertz CT molecular complexity index is 707. The van der Waals surface area contributed by atoms with Crippen molar-refractivity contribution in [3.8, 4) is 17.3 Å². The number of hydrogen-bond acceptors (Lipinski definition) is 3. The molecule has 80 valence electrons. The summed E-state index contributed by atoms with van der Waals surface area (Å²) in [6.45, 7) is 0. The fourth-order valence-electron chi connectivity index (χ4n) is 1.72. The Morgan fingerprint density at radius 3 is 2.71 bits per heavy atom. The number of nitrogens with zero attached hydrogens (tertiary/aromatic N) is 4. The molecule has 0 aliphatic heterocycles. The maximum atomic E-state index is 8.94. The molecule has 0 fully saturated rings. The lowest BCUT2D eigenvalue weighted by Crippen LogP contribution is -1.92. The summed E-state index contributed by atoms with van der Waals surface area (Å²) in [6, 6.07) is 13.8. The zero-order valence-corrected chi connectivity index (χ0v) is 8.91. The molecule has 0 radical (unpaired) electrons. The summed E-state index contributed by atoms with van der Waals surface area (Å²) in [5.41, 5.74) is 2.95. The van der Waals surface area contributed by atoms with E-state index in [9.17, 15) is 0 Å². The molecule has 2 aromatic heterocycles. The number of nitriles is 1. The largest absolute Gasteiger partial charge is 0.227 e. The Kier molecular flexibility index (Phi) is 2.09. The Hall–Kier alpha value is -2.67. The van der Waals surface area contributed by atoms with Gasteiger partial charge in [0, 0.05) is 11.8 Å². The van der Waals surface area contributed by atoms with Gasteiger partial charge in [-0.25, -0.2) is 9.50 Å². The van der Waals surface area contributed by atoms with E-state index in [1.165, 1.54) is 6.20 Å². The van der Waals surface area contributed by atoms with Crippen LogP contribution in [0.25, 0.3) is 16.9 Å². The molecular formula is C13H8N4. The van der Waals surface area contributed by atoms with E-state index in [4.69, 9.17) is 5.26 Å². The van der Waals surface area contributed by atoms with E-state index in [1.807, 2.05) is 42.6 Å². The van der Waals surface area contributed by atoms with Gasteiger partial charge in [-0.2, -0.15) is 10.4 Å². The van der Waals surface area contributed by atoms with Gasteiger partial charge in [0.05, 0.1) is 11.9 Å². The van der Waals surface area contributed by atoms with Gasteiger partial charge >= 0.3 is 0 Å². The predicted octanol–water partition coefficient (Wildman–Crippen LogP) is 2.27. The first kappa shape index (κ1) is 9.55.